The fraction of sp³-hybridized carbons (Fsp3) is 0. The van der Waals surface area contributed by atoms with Crippen LogP contribution in [0.1, 0.15) is 0 Å². The van der Waals surface area contributed by atoms with E-state index >= 15 is 0 Å². The molecule has 0 atom stereocenters. The largest absolute Gasteiger partial charge is 0.339 e. The zero-order chi connectivity index (χ0) is 20.5. The van der Waals surface area contributed by atoms with E-state index in [2.05, 4.69) is 20.4 Å². The molecule has 0 aliphatic rings. The summed E-state index contributed by atoms with van der Waals surface area (Å²) in [6, 6.07) is 21.7. The van der Waals surface area contributed by atoms with Gasteiger partial charge in [0, 0.05) is 11.3 Å². The summed E-state index contributed by atoms with van der Waals surface area (Å²) in [5.41, 5.74) is 2.62. The van der Waals surface area contributed by atoms with Crippen LogP contribution in [-0.4, -0.2) is 19.7 Å². The average molecular weight is 436 g/mol. The van der Waals surface area contributed by atoms with E-state index in [0.29, 0.717) is 33.9 Å². The van der Waals surface area contributed by atoms with Crippen molar-refractivity contribution >= 4 is 34.9 Å². The Morgan fingerprint density at radius 1 is 0.774 bits per heavy atom. The van der Waals surface area contributed by atoms with Crippen LogP contribution in [0.4, 0.5) is 20.3 Å². The molecule has 8 heteroatoms. The first-order chi connectivity index (χ1) is 14.7. The number of hydrogen-bond acceptors (Lipinski definition) is 4. The van der Waals surface area contributed by atoms with Crippen molar-refractivity contribution in [1.29, 1.82) is 0 Å². The first kappa shape index (κ1) is 20.4. The van der Waals surface area contributed by atoms with Crippen molar-refractivity contribution in [2.75, 3.05) is 5.32 Å². The van der Waals surface area contributed by atoms with Gasteiger partial charge in [-0.3, -0.25) is 0 Å². The number of hydrogen-bond donors (Lipinski definition) is 1. The van der Waals surface area contributed by atoms with E-state index in [0.717, 1.165) is 5.69 Å². The van der Waals surface area contributed by atoms with Gasteiger partial charge in [0.25, 0.3) is 0 Å². The van der Waals surface area contributed by atoms with Crippen molar-refractivity contribution in [1.82, 2.24) is 19.7 Å². The van der Waals surface area contributed by atoms with E-state index < -0.39 is 0 Å². The number of nitrogens with zero attached hydrogens (tertiary/aromatic N) is 4. The summed E-state index contributed by atoms with van der Waals surface area (Å²) in [6.45, 7) is 0. The summed E-state index contributed by atoms with van der Waals surface area (Å²) in [7, 11) is 0. The van der Waals surface area contributed by atoms with Gasteiger partial charge in [-0.05, 0) is 54.6 Å². The number of benzene rings is 3. The van der Waals surface area contributed by atoms with Crippen molar-refractivity contribution in [3.63, 3.8) is 0 Å². The molecule has 2 aromatic heterocycles. The van der Waals surface area contributed by atoms with Crippen molar-refractivity contribution in [3.8, 4) is 17.1 Å². The van der Waals surface area contributed by atoms with Gasteiger partial charge in [0.2, 0.25) is 0 Å². The van der Waals surface area contributed by atoms with Crippen LogP contribution in [0.15, 0.2) is 85.1 Å². The Hall–Kier alpha value is -3.84. The Balaban J connectivity index is 0.00000231. The molecule has 0 saturated heterocycles. The Bertz CT molecular complexity index is 1340. The Labute approximate surface area is 182 Å². The fourth-order valence-corrected chi connectivity index (χ4v) is 3.19. The minimum Gasteiger partial charge on any atom is -0.339 e. The lowest BCUT2D eigenvalue weighted by molar-refractivity contribution is 0.628. The number of para-hydroxylation sites is 1. The van der Waals surface area contributed by atoms with Crippen LogP contribution in [0.25, 0.3) is 28.1 Å². The summed E-state index contributed by atoms with van der Waals surface area (Å²) in [4.78, 5) is 9.30. The predicted octanol–water partition coefficient (Wildman–Crippen LogP) is 5.93. The minimum absolute atomic E-state index is 0. The maximum atomic E-state index is 13.7. The van der Waals surface area contributed by atoms with E-state index in [9.17, 15) is 8.78 Å². The molecule has 0 bridgehead atoms. The zero-order valence-corrected chi connectivity index (χ0v) is 16.9. The number of rotatable bonds is 4. The van der Waals surface area contributed by atoms with E-state index in [1.807, 2.05) is 30.3 Å². The van der Waals surface area contributed by atoms with E-state index in [1.54, 1.807) is 35.1 Å². The summed E-state index contributed by atoms with van der Waals surface area (Å²) >= 11 is 0. The summed E-state index contributed by atoms with van der Waals surface area (Å²) in [6.07, 6.45) is 1.67. The minimum atomic E-state index is -0.357. The monoisotopic (exact) mass is 435 g/mol. The highest BCUT2D eigenvalue weighted by Gasteiger charge is 2.15. The molecule has 5 rings (SSSR count). The summed E-state index contributed by atoms with van der Waals surface area (Å²) in [5.74, 6) is 0.183. The lowest BCUT2D eigenvalue weighted by atomic mass is 10.2. The molecule has 0 amide bonds. The second-order valence-corrected chi connectivity index (χ2v) is 6.67. The normalized spacial score (nSPS) is 10.6. The molecule has 0 aliphatic heterocycles. The first-order valence-electron chi connectivity index (χ1n) is 9.27. The quantitative estimate of drug-likeness (QED) is 0.380. The van der Waals surface area contributed by atoms with Crippen LogP contribution < -0.4 is 5.32 Å². The molecule has 0 spiro atoms. The molecule has 0 fully saturated rings. The standard InChI is InChI=1S/C23H15F2N5.ClH/c24-16-11-9-15(10-12-16)21-28-22(27-18-6-4-5-17(25)13-18)20-14-26-30(23(20)29-21)19-7-2-1-3-8-19;/h1-14H,(H,27,28,29);1H. The molecule has 3 aromatic carbocycles. The zero-order valence-electron chi connectivity index (χ0n) is 16.0. The summed E-state index contributed by atoms with van der Waals surface area (Å²) in [5, 5.41) is 8.30. The highest BCUT2D eigenvalue weighted by molar-refractivity contribution is 5.91. The molecule has 154 valence electrons. The molecule has 2 heterocycles. The van der Waals surface area contributed by atoms with Crippen LogP contribution in [0.3, 0.4) is 0 Å². The van der Waals surface area contributed by atoms with Crippen molar-refractivity contribution in [2.24, 2.45) is 0 Å². The molecular formula is C23H16ClF2N5. The van der Waals surface area contributed by atoms with E-state index in [1.165, 1.54) is 24.3 Å². The SMILES string of the molecule is Cl.Fc1ccc(-c2nc(Nc3cccc(F)c3)c3cnn(-c4ccccc4)c3n2)cc1. The third kappa shape index (κ3) is 4.08. The molecule has 0 radical (unpaired) electrons. The van der Waals surface area contributed by atoms with Crippen molar-refractivity contribution < 1.29 is 8.78 Å². The van der Waals surface area contributed by atoms with Crippen LogP contribution in [-0.2, 0) is 0 Å². The van der Waals surface area contributed by atoms with Gasteiger partial charge >= 0.3 is 0 Å². The van der Waals surface area contributed by atoms with Crippen molar-refractivity contribution in [3.05, 3.63) is 96.7 Å². The number of anilines is 2. The number of fused-ring (bicyclic) bond motifs is 1. The van der Waals surface area contributed by atoms with Crippen LogP contribution in [0.2, 0.25) is 0 Å². The second kappa shape index (κ2) is 8.49. The molecule has 5 aromatic rings. The average Bonchev–Trinajstić information content (AvgIpc) is 3.19. The van der Waals surface area contributed by atoms with Crippen LogP contribution in [0.5, 0.6) is 0 Å². The first-order valence-corrected chi connectivity index (χ1v) is 9.27. The van der Waals surface area contributed by atoms with Gasteiger partial charge in [0.05, 0.1) is 17.3 Å². The molecule has 0 unspecified atom stereocenters. The van der Waals surface area contributed by atoms with Gasteiger partial charge in [-0.2, -0.15) is 5.10 Å². The van der Waals surface area contributed by atoms with Crippen LogP contribution >= 0.6 is 12.4 Å². The lowest BCUT2D eigenvalue weighted by Crippen LogP contribution is -2.02. The predicted molar refractivity (Wildman–Crippen MR) is 119 cm³/mol. The molecule has 5 nitrogen and oxygen atoms in total. The Kier molecular flexibility index (Phi) is 5.60. The van der Waals surface area contributed by atoms with Gasteiger partial charge in [-0.25, -0.2) is 23.4 Å². The van der Waals surface area contributed by atoms with Gasteiger partial charge < -0.3 is 5.32 Å². The van der Waals surface area contributed by atoms with E-state index in [4.69, 9.17) is 0 Å². The smallest absolute Gasteiger partial charge is 0.169 e. The van der Waals surface area contributed by atoms with Crippen LogP contribution in [0, 0.1) is 11.6 Å². The third-order valence-electron chi connectivity index (χ3n) is 4.62. The van der Waals surface area contributed by atoms with Gasteiger partial charge in [0.15, 0.2) is 11.5 Å². The summed E-state index contributed by atoms with van der Waals surface area (Å²) < 4.78 is 28.8. The Morgan fingerprint density at radius 2 is 1.55 bits per heavy atom. The van der Waals surface area contributed by atoms with E-state index in [-0.39, 0.29) is 24.0 Å². The maximum absolute atomic E-state index is 13.7. The Morgan fingerprint density at radius 3 is 2.29 bits per heavy atom. The van der Waals surface area contributed by atoms with Gasteiger partial charge in [-0.15, -0.1) is 12.4 Å². The number of halogens is 3. The molecule has 0 saturated carbocycles. The maximum Gasteiger partial charge on any atom is 0.169 e. The second-order valence-electron chi connectivity index (χ2n) is 6.67. The molecule has 0 aliphatic carbocycles. The fourth-order valence-electron chi connectivity index (χ4n) is 3.19. The third-order valence-corrected chi connectivity index (χ3v) is 4.62. The highest BCUT2D eigenvalue weighted by atomic mass is 35.5. The van der Waals surface area contributed by atoms with Gasteiger partial charge in [-0.1, -0.05) is 24.3 Å². The molecular weight excluding hydrogens is 420 g/mol. The number of aromatic nitrogens is 4. The topological polar surface area (TPSA) is 55.6 Å². The van der Waals surface area contributed by atoms with Gasteiger partial charge in [0.1, 0.15) is 17.5 Å². The lowest BCUT2D eigenvalue weighted by Gasteiger charge is -2.10. The number of nitrogens with one attached hydrogen (secondary N) is 1. The molecule has 1 N–H and O–H groups in total. The highest BCUT2D eigenvalue weighted by Crippen LogP contribution is 2.29. The molecule has 31 heavy (non-hydrogen) atoms. The van der Waals surface area contributed by atoms with Crippen molar-refractivity contribution in [2.45, 2.75) is 0 Å².